The summed E-state index contributed by atoms with van der Waals surface area (Å²) in [5, 5.41) is 2.87. The molecule has 0 radical (unpaired) electrons. The molecule has 1 unspecified atom stereocenters. The fourth-order valence-electron chi connectivity index (χ4n) is 2.79. The molecular weight excluding hydrogens is 292 g/mol. The first-order valence-corrected chi connectivity index (χ1v) is 7.87. The highest BCUT2D eigenvalue weighted by atomic mass is 16.2. The van der Waals surface area contributed by atoms with Crippen LogP contribution in [-0.2, 0) is 4.79 Å². The minimum atomic E-state index is -0.0546. The molecule has 1 aliphatic heterocycles. The minimum absolute atomic E-state index is 0.0436. The van der Waals surface area contributed by atoms with E-state index in [1.807, 2.05) is 0 Å². The first-order valence-electron chi connectivity index (χ1n) is 7.87. The van der Waals surface area contributed by atoms with Crippen molar-refractivity contribution in [2.24, 2.45) is 11.1 Å². The summed E-state index contributed by atoms with van der Waals surface area (Å²) in [5.74, 6) is -0.0982. The van der Waals surface area contributed by atoms with E-state index in [9.17, 15) is 9.59 Å². The lowest BCUT2D eigenvalue weighted by Gasteiger charge is -2.22. The molecule has 2 rings (SSSR count). The Morgan fingerprint density at radius 3 is 2.48 bits per heavy atom. The number of hydrogen-bond acceptors (Lipinski definition) is 4. The van der Waals surface area contributed by atoms with Crippen LogP contribution < -0.4 is 11.1 Å². The smallest absolute Gasteiger partial charge is 0.253 e. The predicted octanol–water partition coefficient (Wildman–Crippen LogP) is 0.998. The maximum Gasteiger partial charge on any atom is 0.253 e. The summed E-state index contributed by atoms with van der Waals surface area (Å²) in [6.45, 7) is 4.93. The Balaban J connectivity index is 1.87. The molecule has 1 aromatic rings. The van der Waals surface area contributed by atoms with Crippen molar-refractivity contribution in [1.29, 1.82) is 0 Å². The molecule has 6 nitrogen and oxygen atoms in total. The molecule has 0 saturated carbocycles. The van der Waals surface area contributed by atoms with Crippen LogP contribution in [0.2, 0.25) is 0 Å². The minimum Gasteiger partial charge on any atom is -0.345 e. The zero-order chi connectivity index (χ0) is 17.0. The predicted molar refractivity (Wildman–Crippen MR) is 91.3 cm³/mol. The standard InChI is InChI=1S/C17H26N4O2/c1-17(11-18)8-9-21(12-17)10-15(22)19-14-6-4-13(5-7-14)16(23)20(2)3/h4-7H,8-12,18H2,1-3H3,(H,19,22). The number of nitrogens with one attached hydrogen (secondary N) is 1. The summed E-state index contributed by atoms with van der Waals surface area (Å²) in [4.78, 5) is 27.6. The van der Waals surface area contributed by atoms with Crippen LogP contribution in [0.5, 0.6) is 0 Å². The van der Waals surface area contributed by atoms with Crippen molar-refractivity contribution in [2.45, 2.75) is 13.3 Å². The summed E-state index contributed by atoms with van der Waals surface area (Å²) < 4.78 is 0. The van der Waals surface area contributed by atoms with E-state index in [1.54, 1.807) is 38.4 Å². The van der Waals surface area contributed by atoms with Gasteiger partial charge in [-0.05, 0) is 49.2 Å². The Morgan fingerprint density at radius 2 is 1.96 bits per heavy atom. The maximum absolute atomic E-state index is 12.1. The van der Waals surface area contributed by atoms with Gasteiger partial charge in [-0.15, -0.1) is 0 Å². The van der Waals surface area contributed by atoms with Crippen molar-refractivity contribution in [2.75, 3.05) is 45.6 Å². The van der Waals surface area contributed by atoms with Crippen LogP contribution in [0.1, 0.15) is 23.7 Å². The quantitative estimate of drug-likeness (QED) is 0.849. The van der Waals surface area contributed by atoms with E-state index in [4.69, 9.17) is 5.73 Å². The Bertz CT molecular complexity index is 570. The van der Waals surface area contributed by atoms with E-state index in [-0.39, 0.29) is 17.2 Å². The SMILES string of the molecule is CN(C)C(=O)c1ccc(NC(=O)CN2CCC(C)(CN)C2)cc1. The molecule has 3 N–H and O–H groups in total. The number of anilines is 1. The summed E-state index contributed by atoms with van der Waals surface area (Å²) in [6.07, 6.45) is 1.03. The van der Waals surface area contributed by atoms with Crippen LogP contribution in [0.15, 0.2) is 24.3 Å². The number of rotatable bonds is 5. The maximum atomic E-state index is 12.1. The number of hydrogen-bond donors (Lipinski definition) is 2. The normalized spacial score (nSPS) is 21.2. The van der Waals surface area contributed by atoms with Crippen molar-refractivity contribution >= 4 is 17.5 Å². The zero-order valence-electron chi connectivity index (χ0n) is 14.1. The summed E-state index contributed by atoms with van der Waals surface area (Å²) in [5.41, 5.74) is 7.21. The monoisotopic (exact) mass is 318 g/mol. The number of likely N-dealkylation sites (tertiary alicyclic amines) is 1. The lowest BCUT2D eigenvalue weighted by molar-refractivity contribution is -0.117. The lowest BCUT2D eigenvalue weighted by atomic mass is 9.90. The van der Waals surface area contributed by atoms with Gasteiger partial charge in [0, 0.05) is 31.9 Å². The Morgan fingerprint density at radius 1 is 1.30 bits per heavy atom. The number of nitrogens with zero attached hydrogens (tertiary/aromatic N) is 2. The highest BCUT2D eigenvalue weighted by molar-refractivity contribution is 5.96. The molecule has 0 aromatic heterocycles. The number of amides is 2. The third-order valence-corrected chi connectivity index (χ3v) is 4.32. The molecule has 1 fully saturated rings. The molecule has 0 spiro atoms. The summed E-state index contributed by atoms with van der Waals surface area (Å²) >= 11 is 0. The molecule has 126 valence electrons. The second kappa shape index (κ2) is 7.10. The highest BCUT2D eigenvalue weighted by Crippen LogP contribution is 2.28. The first-order chi connectivity index (χ1) is 10.8. The average Bonchev–Trinajstić information content (AvgIpc) is 2.89. The van der Waals surface area contributed by atoms with Crippen molar-refractivity contribution in [3.8, 4) is 0 Å². The van der Waals surface area contributed by atoms with Crippen LogP contribution in [0, 0.1) is 5.41 Å². The van der Waals surface area contributed by atoms with Gasteiger partial charge in [-0.25, -0.2) is 0 Å². The summed E-state index contributed by atoms with van der Waals surface area (Å²) in [6, 6.07) is 6.95. The molecule has 6 heteroatoms. The van der Waals surface area contributed by atoms with Crippen LogP contribution in [0.3, 0.4) is 0 Å². The van der Waals surface area contributed by atoms with Gasteiger partial charge in [0.25, 0.3) is 5.91 Å². The Labute approximate surface area is 137 Å². The number of nitrogens with two attached hydrogens (primary N) is 1. The van der Waals surface area contributed by atoms with Gasteiger partial charge in [0.15, 0.2) is 0 Å². The molecule has 1 aromatic carbocycles. The average molecular weight is 318 g/mol. The molecular formula is C17H26N4O2. The molecule has 23 heavy (non-hydrogen) atoms. The molecule has 2 amide bonds. The van der Waals surface area contributed by atoms with Crippen LogP contribution in [0.4, 0.5) is 5.69 Å². The first kappa shape index (κ1) is 17.4. The second-order valence-electron chi connectivity index (χ2n) is 6.80. The van der Waals surface area contributed by atoms with Gasteiger partial charge in [0.05, 0.1) is 6.54 Å². The van der Waals surface area contributed by atoms with E-state index >= 15 is 0 Å². The fourth-order valence-corrected chi connectivity index (χ4v) is 2.79. The van der Waals surface area contributed by atoms with E-state index in [2.05, 4.69) is 17.1 Å². The van der Waals surface area contributed by atoms with Crippen molar-refractivity contribution in [1.82, 2.24) is 9.80 Å². The van der Waals surface area contributed by atoms with Gasteiger partial charge >= 0.3 is 0 Å². The number of carbonyl (C=O) groups is 2. The molecule has 1 atom stereocenters. The van der Waals surface area contributed by atoms with Gasteiger partial charge in [-0.3, -0.25) is 14.5 Å². The van der Waals surface area contributed by atoms with Gasteiger partial charge in [-0.1, -0.05) is 6.92 Å². The van der Waals surface area contributed by atoms with Crippen LogP contribution in [-0.4, -0.2) is 61.9 Å². The highest BCUT2D eigenvalue weighted by Gasteiger charge is 2.33. The van der Waals surface area contributed by atoms with Crippen molar-refractivity contribution in [3.05, 3.63) is 29.8 Å². The third kappa shape index (κ3) is 4.53. The van der Waals surface area contributed by atoms with Gasteiger partial charge < -0.3 is 16.0 Å². The molecule has 1 aliphatic rings. The molecule has 0 bridgehead atoms. The topological polar surface area (TPSA) is 78.7 Å². The van der Waals surface area contributed by atoms with Gasteiger partial charge in [0.1, 0.15) is 0 Å². The van der Waals surface area contributed by atoms with Gasteiger partial charge in [0.2, 0.25) is 5.91 Å². The van der Waals surface area contributed by atoms with Crippen LogP contribution >= 0.6 is 0 Å². The summed E-state index contributed by atoms with van der Waals surface area (Å²) in [7, 11) is 3.42. The van der Waals surface area contributed by atoms with Gasteiger partial charge in [-0.2, -0.15) is 0 Å². The molecule has 1 heterocycles. The number of carbonyl (C=O) groups excluding carboxylic acids is 2. The van der Waals surface area contributed by atoms with E-state index < -0.39 is 0 Å². The second-order valence-corrected chi connectivity index (χ2v) is 6.80. The largest absolute Gasteiger partial charge is 0.345 e. The van der Waals surface area contributed by atoms with E-state index in [0.717, 1.165) is 19.5 Å². The Kier molecular flexibility index (Phi) is 5.38. The molecule has 0 aliphatic carbocycles. The van der Waals surface area contributed by atoms with E-state index in [0.29, 0.717) is 24.3 Å². The third-order valence-electron chi connectivity index (χ3n) is 4.32. The van der Waals surface area contributed by atoms with E-state index in [1.165, 1.54) is 4.90 Å². The Hall–Kier alpha value is -1.92. The lowest BCUT2D eigenvalue weighted by Crippen LogP contribution is -2.35. The molecule has 1 saturated heterocycles. The van der Waals surface area contributed by atoms with Crippen molar-refractivity contribution < 1.29 is 9.59 Å². The zero-order valence-corrected chi connectivity index (χ0v) is 14.1. The fraction of sp³-hybridized carbons (Fsp3) is 0.529. The van der Waals surface area contributed by atoms with Crippen LogP contribution in [0.25, 0.3) is 0 Å². The van der Waals surface area contributed by atoms with Crippen molar-refractivity contribution in [3.63, 3.8) is 0 Å². The number of benzene rings is 1.